The summed E-state index contributed by atoms with van der Waals surface area (Å²) < 4.78 is 36.5. The largest absolute Gasteiger partial charge is 0.391 e. The molecule has 6 heteroatoms. The van der Waals surface area contributed by atoms with Crippen LogP contribution in [0.5, 0.6) is 0 Å². The molecule has 0 aliphatic carbocycles. The Kier molecular flexibility index (Phi) is 9.50. The first-order chi connectivity index (χ1) is 8.38. The standard InChI is InChI=1S/C12H21BrF3NO/c1-10(12(14,15)16)6-5-9-17-11(18)7-3-2-4-8-13/h10H,2-9H2,1H3,(H,17,18). The zero-order valence-corrected chi connectivity index (χ0v) is 12.2. The molecule has 2 nitrogen and oxygen atoms in total. The van der Waals surface area contributed by atoms with Gasteiger partial charge in [-0.2, -0.15) is 13.2 Å². The molecule has 1 atom stereocenters. The van der Waals surface area contributed by atoms with E-state index in [9.17, 15) is 18.0 Å². The molecule has 18 heavy (non-hydrogen) atoms. The Labute approximate surface area is 115 Å². The van der Waals surface area contributed by atoms with Crippen molar-refractivity contribution in [1.82, 2.24) is 5.32 Å². The number of alkyl halides is 4. The van der Waals surface area contributed by atoms with E-state index in [4.69, 9.17) is 0 Å². The Bertz CT molecular complexity index is 234. The summed E-state index contributed by atoms with van der Waals surface area (Å²) in [5.41, 5.74) is 0. The lowest BCUT2D eigenvalue weighted by molar-refractivity contribution is -0.171. The van der Waals surface area contributed by atoms with E-state index in [-0.39, 0.29) is 12.3 Å². The normalized spacial score (nSPS) is 13.4. The number of amides is 1. The predicted octanol–water partition coefficient (Wildman–Crippen LogP) is 4.04. The second-order valence-electron chi connectivity index (χ2n) is 4.43. The maximum absolute atomic E-state index is 12.2. The van der Waals surface area contributed by atoms with E-state index in [1.807, 2.05) is 0 Å². The van der Waals surface area contributed by atoms with Gasteiger partial charge in [-0.05, 0) is 25.7 Å². The fourth-order valence-electron chi connectivity index (χ4n) is 1.44. The summed E-state index contributed by atoms with van der Waals surface area (Å²) in [5.74, 6) is -1.36. The van der Waals surface area contributed by atoms with Crippen molar-refractivity contribution in [2.75, 3.05) is 11.9 Å². The predicted molar refractivity (Wildman–Crippen MR) is 69.7 cm³/mol. The third kappa shape index (κ3) is 9.74. The van der Waals surface area contributed by atoms with Gasteiger partial charge in [-0.3, -0.25) is 4.79 Å². The molecule has 108 valence electrons. The number of carbonyl (C=O) groups is 1. The summed E-state index contributed by atoms with van der Waals surface area (Å²) in [7, 11) is 0. The Morgan fingerprint density at radius 1 is 1.22 bits per heavy atom. The molecular formula is C12H21BrF3NO. The summed E-state index contributed by atoms with van der Waals surface area (Å²) >= 11 is 3.30. The molecule has 0 saturated heterocycles. The van der Waals surface area contributed by atoms with E-state index in [2.05, 4.69) is 21.2 Å². The Hall–Kier alpha value is -0.260. The average Bonchev–Trinajstić information content (AvgIpc) is 2.28. The molecule has 0 aliphatic heterocycles. The highest BCUT2D eigenvalue weighted by Crippen LogP contribution is 2.28. The fourth-order valence-corrected chi connectivity index (χ4v) is 1.84. The molecule has 1 unspecified atom stereocenters. The van der Waals surface area contributed by atoms with Crippen LogP contribution >= 0.6 is 15.9 Å². The lowest BCUT2D eigenvalue weighted by atomic mass is 10.1. The second kappa shape index (κ2) is 9.64. The first-order valence-corrected chi connectivity index (χ1v) is 7.39. The molecule has 1 N–H and O–H groups in total. The van der Waals surface area contributed by atoms with Gasteiger partial charge >= 0.3 is 6.18 Å². The van der Waals surface area contributed by atoms with Crippen molar-refractivity contribution in [3.8, 4) is 0 Å². The van der Waals surface area contributed by atoms with E-state index < -0.39 is 12.1 Å². The number of halogens is 4. The zero-order valence-electron chi connectivity index (χ0n) is 10.7. The minimum Gasteiger partial charge on any atom is -0.356 e. The Balaban J connectivity index is 3.46. The molecule has 0 heterocycles. The van der Waals surface area contributed by atoms with Crippen LogP contribution in [-0.2, 0) is 4.79 Å². The van der Waals surface area contributed by atoms with Gasteiger partial charge in [0, 0.05) is 18.3 Å². The monoisotopic (exact) mass is 331 g/mol. The lowest BCUT2D eigenvalue weighted by Gasteiger charge is -2.15. The molecule has 0 aromatic rings. The van der Waals surface area contributed by atoms with Crippen molar-refractivity contribution in [3.63, 3.8) is 0 Å². The van der Waals surface area contributed by atoms with E-state index in [0.717, 1.165) is 24.6 Å². The number of carbonyl (C=O) groups excluding carboxylic acids is 1. The molecule has 0 rings (SSSR count). The number of unbranched alkanes of at least 4 members (excludes halogenated alkanes) is 2. The van der Waals surface area contributed by atoms with Gasteiger partial charge < -0.3 is 5.32 Å². The number of nitrogens with one attached hydrogen (secondary N) is 1. The van der Waals surface area contributed by atoms with Gasteiger partial charge in [0.25, 0.3) is 0 Å². The summed E-state index contributed by atoms with van der Waals surface area (Å²) in [6, 6.07) is 0. The topological polar surface area (TPSA) is 29.1 Å². The number of rotatable bonds is 9. The van der Waals surface area contributed by atoms with Crippen molar-refractivity contribution >= 4 is 21.8 Å². The minimum absolute atomic E-state index is 0.0629. The second-order valence-corrected chi connectivity index (χ2v) is 5.23. The van der Waals surface area contributed by atoms with Crippen LogP contribution in [-0.4, -0.2) is 24.0 Å². The van der Waals surface area contributed by atoms with Gasteiger partial charge in [0.2, 0.25) is 5.91 Å². The van der Waals surface area contributed by atoms with E-state index >= 15 is 0 Å². The third-order valence-corrected chi connectivity index (χ3v) is 3.29. The van der Waals surface area contributed by atoms with Gasteiger partial charge in [0.15, 0.2) is 0 Å². The van der Waals surface area contributed by atoms with Crippen molar-refractivity contribution in [1.29, 1.82) is 0 Å². The van der Waals surface area contributed by atoms with Gasteiger partial charge in [0.05, 0.1) is 5.92 Å². The first kappa shape index (κ1) is 17.7. The molecule has 0 bridgehead atoms. The summed E-state index contributed by atoms with van der Waals surface area (Å²) in [6.45, 7) is 1.50. The molecule has 0 spiro atoms. The van der Waals surface area contributed by atoms with Crippen LogP contribution in [0.25, 0.3) is 0 Å². The highest BCUT2D eigenvalue weighted by Gasteiger charge is 2.34. The first-order valence-electron chi connectivity index (χ1n) is 6.27. The van der Waals surface area contributed by atoms with Crippen LogP contribution in [0.2, 0.25) is 0 Å². The van der Waals surface area contributed by atoms with Crippen molar-refractivity contribution < 1.29 is 18.0 Å². The average molecular weight is 332 g/mol. The quantitative estimate of drug-likeness (QED) is 0.501. The van der Waals surface area contributed by atoms with Crippen LogP contribution in [0.4, 0.5) is 13.2 Å². The van der Waals surface area contributed by atoms with E-state index in [1.54, 1.807) is 0 Å². The molecule has 0 aromatic heterocycles. The smallest absolute Gasteiger partial charge is 0.356 e. The van der Waals surface area contributed by atoms with Gasteiger partial charge in [0.1, 0.15) is 0 Å². The molecule has 0 radical (unpaired) electrons. The maximum Gasteiger partial charge on any atom is 0.391 e. The van der Waals surface area contributed by atoms with Crippen LogP contribution in [0.1, 0.15) is 45.4 Å². The van der Waals surface area contributed by atoms with Crippen LogP contribution in [0.15, 0.2) is 0 Å². The summed E-state index contributed by atoms with van der Waals surface area (Å²) in [5, 5.41) is 3.58. The van der Waals surface area contributed by atoms with Gasteiger partial charge in [-0.15, -0.1) is 0 Å². The third-order valence-electron chi connectivity index (χ3n) is 2.73. The highest BCUT2D eigenvalue weighted by molar-refractivity contribution is 9.09. The van der Waals surface area contributed by atoms with Crippen LogP contribution < -0.4 is 5.32 Å². The Morgan fingerprint density at radius 2 is 1.89 bits per heavy atom. The summed E-state index contributed by atoms with van der Waals surface area (Å²) in [4.78, 5) is 11.3. The lowest BCUT2D eigenvalue weighted by Crippen LogP contribution is -2.26. The number of hydrogen-bond donors (Lipinski definition) is 1. The van der Waals surface area contributed by atoms with E-state index in [0.29, 0.717) is 19.4 Å². The SMILES string of the molecule is CC(CCCNC(=O)CCCCCBr)C(F)(F)F. The molecule has 0 saturated carbocycles. The highest BCUT2D eigenvalue weighted by atomic mass is 79.9. The van der Waals surface area contributed by atoms with Crippen molar-refractivity contribution in [3.05, 3.63) is 0 Å². The minimum atomic E-state index is -4.13. The molecule has 0 aromatic carbocycles. The Morgan fingerprint density at radius 3 is 2.44 bits per heavy atom. The fraction of sp³-hybridized carbons (Fsp3) is 0.917. The van der Waals surface area contributed by atoms with Crippen LogP contribution in [0, 0.1) is 5.92 Å². The van der Waals surface area contributed by atoms with Crippen molar-refractivity contribution in [2.24, 2.45) is 5.92 Å². The van der Waals surface area contributed by atoms with E-state index in [1.165, 1.54) is 6.92 Å². The van der Waals surface area contributed by atoms with Gasteiger partial charge in [-0.1, -0.05) is 29.3 Å². The summed E-state index contributed by atoms with van der Waals surface area (Å²) in [6.07, 6.45) is -0.376. The molecule has 1 amide bonds. The number of hydrogen-bond acceptors (Lipinski definition) is 1. The molecule has 0 fully saturated rings. The molecule has 0 aliphatic rings. The van der Waals surface area contributed by atoms with Crippen molar-refractivity contribution in [2.45, 2.75) is 51.6 Å². The zero-order chi connectivity index (χ0) is 14.0. The van der Waals surface area contributed by atoms with Crippen LogP contribution in [0.3, 0.4) is 0 Å². The van der Waals surface area contributed by atoms with Gasteiger partial charge in [-0.25, -0.2) is 0 Å². The maximum atomic E-state index is 12.2. The molecular weight excluding hydrogens is 311 g/mol.